The summed E-state index contributed by atoms with van der Waals surface area (Å²) in [6, 6.07) is 32.5. The first-order valence-electron chi connectivity index (χ1n) is 53.6. The second-order valence-electron chi connectivity index (χ2n) is 39.5. The fraction of sp³-hybridized carbons (Fsp3) is 0.465. The van der Waals surface area contributed by atoms with Gasteiger partial charge in [-0.15, -0.1) is 0 Å². The largest absolute Gasteiger partial charge is 0.493 e. The van der Waals surface area contributed by atoms with Crippen molar-refractivity contribution in [3.05, 3.63) is 212 Å². The third-order valence-corrected chi connectivity index (χ3v) is 22.3. The summed E-state index contributed by atoms with van der Waals surface area (Å²) in [6.45, 7) is 34.2. The van der Waals surface area contributed by atoms with Gasteiger partial charge in [-0.2, -0.15) is 0 Å². The molecule has 18 heteroatoms. The van der Waals surface area contributed by atoms with Crippen molar-refractivity contribution in [2.45, 2.75) is 352 Å². The molecule has 0 fully saturated rings. The van der Waals surface area contributed by atoms with Crippen LogP contribution in [0.1, 0.15) is 437 Å². The van der Waals surface area contributed by atoms with Crippen molar-refractivity contribution in [1.82, 2.24) is 44.9 Å². The van der Waals surface area contributed by atoms with Gasteiger partial charge in [0.15, 0.2) is 0 Å². The van der Waals surface area contributed by atoms with Gasteiger partial charge in [-0.25, -0.2) is 44.9 Å². The van der Waals surface area contributed by atoms with Crippen molar-refractivity contribution in [3.8, 4) is 194 Å². The number of pyridine rings is 9. The minimum Gasteiger partial charge on any atom is -0.493 e. The summed E-state index contributed by atoms with van der Waals surface area (Å²) in [5, 5.41) is 0. The van der Waals surface area contributed by atoms with Crippen LogP contribution in [0, 0.1) is 142 Å². The molecular formula is C129H147N9O9. The Labute approximate surface area is 879 Å². The molecule has 10 rings (SSSR count). The molecule has 9 aromatic heterocycles. The molecule has 0 unspecified atom stereocenters. The maximum absolute atomic E-state index is 6.52. The quantitative estimate of drug-likeness (QED) is 0.0257. The number of fused-ring (bicyclic) bond motifs is 18. The number of hydrogen-bond acceptors (Lipinski definition) is 18. The van der Waals surface area contributed by atoms with Gasteiger partial charge < -0.3 is 42.6 Å². The van der Waals surface area contributed by atoms with Gasteiger partial charge >= 0.3 is 0 Å². The molecule has 9 aromatic rings. The van der Waals surface area contributed by atoms with Gasteiger partial charge in [-0.3, -0.25) is 0 Å². The van der Waals surface area contributed by atoms with Crippen molar-refractivity contribution >= 4 is 0 Å². The van der Waals surface area contributed by atoms with E-state index in [1.165, 1.54) is 116 Å². The Bertz CT molecular complexity index is 5650. The first kappa shape index (κ1) is 114. The highest BCUT2D eigenvalue weighted by molar-refractivity contribution is 5.56. The summed E-state index contributed by atoms with van der Waals surface area (Å²) in [5.41, 5.74) is 5.31. The third kappa shape index (κ3) is 48.2. The molecule has 762 valence electrons. The van der Waals surface area contributed by atoms with E-state index in [1.807, 2.05) is 135 Å². The smallest absolute Gasteiger partial charge is 0.125 e. The van der Waals surface area contributed by atoms with E-state index in [4.69, 9.17) is 87.5 Å². The third-order valence-electron chi connectivity index (χ3n) is 22.3. The zero-order valence-electron chi connectivity index (χ0n) is 89.8. The van der Waals surface area contributed by atoms with Crippen LogP contribution in [0.5, 0.6) is 51.7 Å². The van der Waals surface area contributed by atoms with E-state index in [-0.39, 0.29) is 0 Å². The topological polar surface area (TPSA) is 199 Å². The molecule has 0 aromatic carbocycles. The highest BCUT2D eigenvalue weighted by atomic mass is 16.5. The van der Waals surface area contributed by atoms with Gasteiger partial charge in [0.1, 0.15) is 171 Å². The average Bonchev–Trinajstić information content (AvgIpc) is 0.837. The van der Waals surface area contributed by atoms with Crippen molar-refractivity contribution in [2.24, 2.45) is 0 Å². The Hall–Kier alpha value is -14.7. The lowest BCUT2D eigenvalue weighted by Crippen LogP contribution is -2.23. The van der Waals surface area contributed by atoms with E-state index >= 15 is 0 Å². The molecule has 147 heavy (non-hydrogen) atoms. The number of nitrogens with zero attached hydrogens (tertiary/aromatic N) is 9. The van der Waals surface area contributed by atoms with E-state index < -0.39 is 16.8 Å². The van der Waals surface area contributed by atoms with Crippen molar-refractivity contribution in [1.29, 1.82) is 0 Å². The van der Waals surface area contributed by atoms with Crippen LogP contribution in [0.25, 0.3) is 0 Å². The van der Waals surface area contributed by atoms with Crippen LogP contribution in [-0.4, -0.2) is 101 Å². The van der Waals surface area contributed by atoms with Crippen molar-refractivity contribution in [2.75, 3.05) is 39.6 Å². The molecule has 0 N–H and O–H groups in total. The van der Waals surface area contributed by atoms with E-state index in [9.17, 15) is 0 Å². The van der Waals surface area contributed by atoms with Crippen LogP contribution in [0.15, 0.2) is 109 Å². The maximum Gasteiger partial charge on any atom is 0.125 e. The molecule has 18 bridgehead atoms. The van der Waals surface area contributed by atoms with Gasteiger partial charge in [0.25, 0.3) is 0 Å². The standard InChI is InChI=1S/C129H147N9O9/c1-16-22-28-34-40-52-76-139-118-82-100-58-46-47-59-101-83-119(140-77-53-41-35-29-23-17-2)89-107(131-101)66-72-114-96-125(146-128(10,11)12)97-115(137-114)73-67-109-91-122(143-80-56-44-38-32-26-20-5)86-104(134-109)62-50-51-63-105-87-123(144-81-57-45-39-33-27-21-6)93-111(135-105)69-75-117-99-126(147-129(13,14)15)98-116(138-117)74-68-110-92-121(142-79-55-43-37-31-25-19-4)85-103(133-110)61-49-48-60-102-84-120(141-78-54-42-36-30-24-18-3)90-108(132-102)65-71-113-95-124(145-127(7,8)9)94-112(136-113)70-64-106(88-118)130-100/h82-99H,16-45,52-57,76-81H2,1-15H3. The number of unbranched alkanes of at least 4 members (excludes halogenated alkanes) is 30. The minimum atomic E-state index is -0.590. The Balaban J connectivity index is 1.13. The van der Waals surface area contributed by atoms with Crippen LogP contribution in [0.3, 0.4) is 0 Å². The normalized spacial score (nSPS) is 11.3. The van der Waals surface area contributed by atoms with E-state index in [0.29, 0.717) is 194 Å². The number of rotatable bonds is 51. The van der Waals surface area contributed by atoms with Gasteiger partial charge in [-0.1, -0.05) is 234 Å². The Morgan fingerprint density at radius 1 is 0.150 bits per heavy atom. The van der Waals surface area contributed by atoms with Crippen LogP contribution < -0.4 is 42.6 Å². The summed E-state index contributed by atoms with van der Waals surface area (Å²) in [6.07, 6.45) is 39.7. The van der Waals surface area contributed by atoms with Crippen LogP contribution in [0.2, 0.25) is 0 Å². The molecule has 0 atom stereocenters. The van der Waals surface area contributed by atoms with Crippen molar-refractivity contribution < 1.29 is 42.6 Å². The predicted molar refractivity (Wildman–Crippen MR) is 590 cm³/mol. The minimum absolute atomic E-state index is 0.385. The Morgan fingerprint density at radius 2 is 0.259 bits per heavy atom. The molecule has 0 radical (unpaired) electrons. The van der Waals surface area contributed by atoms with E-state index in [1.54, 1.807) is 36.4 Å². The lowest BCUT2D eigenvalue weighted by atomic mass is 10.1. The van der Waals surface area contributed by atoms with Crippen LogP contribution in [-0.2, 0) is 0 Å². The molecule has 0 saturated carbocycles. The average molecular weight is 1970 g/mol. The summed E-state index contributed by atoms with van der Waals surface area (Å²) in [7, 11) is 0. The van der Waals surface area contributed by atoms with Gasteiger partial charge in [0, 0.05) is 109 Å². The first-order valence-corrected chi connectivity index (χ1v) is 53.6. The highest BCUT2D eigenvalue weighted by Crippen LogP contribution is 2.29. The highest BCUT2D eigenvalue weighted by Gasteiger charge is 2.19. The van der Waals surface area contributed by atoms with E-state index in [2.05, 4.69) is 184 Å². The first-order chi connectivity index (χ1) is 71.4. The molecule has 1 aliphatic rings. The maximum atomic E-state index is 6.52. The Morgan fingerprint density at radius 3 is 0.381 bits per heavy atom. The van der Waals surface area contributed by atoms with Crippen LogP contribution in [0.4, 0.5) is 0 Å². The number of ether oxygens (including phenoxy) is 9. The summed E-state index contributed by atoms with van der Waals surface area (Å²) >= 11 is 0. The molecule has 10 heterocycles. The lowest BCUT2D eigenvalue weighted by Gasteiger charge is -2.21. The zero-order chi connectivity index (χ0) is 104. The van der Waals surface area contributed by atoms with Gasteiger partial charge in [-0.05, 0) is 243 Å². The van der Waals surface area contributed by atoms with E-state index in [0.717, 1.165) is 116 Å². The molecular weight excluding hydrogens is 1820 g/mol. The fourth-order valence-corrected chi connectivity index (χ4v) is 15.2. The second kappa shape index (κ2) is 64.2. The van der Waals surface area contributed by atoms with Gasteiger partial charge in [0.05, 0.1) is 39.6 Å². The fourth-order valence-electron chi connectivity index (χ4n) is 15.2. The SMILES string of the molecule is CCCCCCCCOc1cc2nc(c1)C#Cc1cc(OC(C)(C)C)cc(n1)C#Cc1cc(OCCCCCCCC)cc(n1)C#CC#Cc1cc(OCCCCCCCC)cc(n1)C#Cc1cc(OC(C)(C)C)cc(n1)C#Cc1cc(OCCCCCCCC)cc(n1)C#CC#Cc1cc(OCCCCCCCC)cc(n1)C#Cc1cc(OC(C)(C)C)cc(n1)C#Cc1cc(OCCCCCCCC)cc(n1)C#CC#C2. The predicted octanol–water partition coefficient (Wildman–Crippen LogP) is 27.1. The molecule has 18 nitrogen and oxygen atoms in total. The van der Waals surface area contributed by atoms with Gasteiger partial charge in [0.2, 0.25) is 0 Å². The molecule has 0 saturated heterocycles. The summed E-state index contributed by atoms with van der Waals surface area (Å²) in [5.74, 6) is 81.7. The summed E-state index contributed by atoms with van der Waals surface area (Å²) in [4.78, 5) is 44.6. The lowest BCUT2D eigenvalue weighted by molar-refractivity contribution is 0.130. The Kier molecular flexibility index (Phi) is 49.9. The molecule has 0 spiro atoms. The number of hydrogen-bond donors (Lipinski definition) is 0. The van der Waals surface area contributed by atoms with Crippen molar-refractivity contribution in [3.63, 3.8) is 0 Å². The zero-order valence-corrected chi connectivity index (χ0v) is 89.8. The number of aromatic nitrogens is 9. The second-order valence-corrected chi connectivity index (χ2v) is 39.5. The molecule has 0 amide bonds. The van der Waals surface area contributed by atoms with Crippen LogP contribution >= 0.6 is 0 Å². The monoisotopic (exact) mass is 1970 g/mol. The molecule has 0 aliphatic carbocycles. The molecule has 1 aliphatic heterocycles. The summed E-state index contributed by atoms with van der Waals surface area (Å²) < 4.78 is 58.3.